The molecule has 1 amide bonds. The summed E-state index contributed by atoms with van der Waals surface area (Å²) in [4.78, 5) is 48.9. The van der Waals surface area contributed by atoms with Gasteiger partial charge in [-0.15, -0.1) is 0 Å². The third-order valence-electron chi connectivity index (χ3n) is 6.05. The van der Waals surface area contributed by atoms with Gasteiger partial charge in [-0.1, -0.05) is 42.5 Å². The second-order valence-corrected chi connectivity index (χ2v) is 8.64. The maximum Gasteiger partial charge on any atom is 0.347 e. The summed E-state index contributed by atoms with van der Waals surface area (Å²) in [5, 5.41) is 0.870. The predicted molar refractivity (Wildman–Crippen MR) is 144 cm³/mol. The van der Waals surface area contributed by atoms with Gasteiger partial charge in [0.1, 0.15) is 0 Å². The van der Waals surface area contributed by atoms with Crippen molar-refractivity contribution in [2.75, 3.05) is 0 Å². The van der Waals surface area contributed by atoms with Gasteiger partial charge in [-0.3, -0.25) is 4.79 Å². The van der Waals surface area contributed by atoms with Crippen molar-refractivity contribution in [3.63, 3.8) is 0 Å². The van der Waals surface area contributed by atoms with E-state index in [9.17, 15) is 14.4 Å². The van der Waals surface area contributed by atoms with Gasteiger partial charge in [-0.25, -0.2) is 19.6 Å². The molecule has 0 spiro atoms. The molecule has 1 aliphatic heterocycles. The number of nitrogens with one attached hydrogen (secondary N) is 1. The molecule has 39 heavy (non-hydrogen) atoms. The van der Waals surface area contributed by atoms with Gasteiger partial charge in [0.15, 0.2) is 5.75 Å². The molecular formula is C30H19N3O6. The van der Waals surface area contributed by atoms with E-state index in [1.165, 1.54) is 0 Å². The van der Waals surface area contributed by atoms with E-state index in [0.29, 0.717) is 39.4 Å². The highest BCUT2D eigenvalue weighted by Gasteiger charge is 2.15. The van der Waals surface area contributed by atoms with Crippen LogP contribution in [0.5, 0.6) is 5.75 Å². The van der Waals surface area contributed by atoms with Gasteiger partial charge < -0.3 is 13.7 Å². The highest BCUT2D eigenvalue weighted by Crippen LogP contribution is 2.24. The smallest absolute Gasteiger partial charge is 0.347 e. The third kappa shape index (κ3) is 4.88. The van der Waals surface area contributed by atoms with Gasteiger partial charge in [0.25, 0.3) is 5.91 Å². The van der Waals surface area contributed by atoms with Gasteiger partial charge in [-0.05, 0) is 54.6 Å². The van der Waals surface area contributed by atoms with Crippen molar-refractivity contribution in [2.45, 2.75) is 6.42 Å². The Kier molecular flexibility index (Phi) is 6.14. The predicted octanol–water partition coefficient (Wildman–Crippen LogP) is 4.68. The van der Waals surface area contributed by atoms with Crippen molar-refractivity contribution >= 4 is 27.7 Å². The number of carbonyl (C=O) groups is 1. The van der Waals surface area contributed by atoms with Crippen molar-refractivity contribution in [2.24, 2.45) is 0 Å². The van der Waals surface area contributed by atoms with Crippen molar-refractivity contribution in [3.05, 3.63) is 123 Å². The summed E-state index contributed by atoms with van der Waals surface area (Å²) in [5.74, 6) is 1.10. The minimum absolute atomic E-state index is 0.0938. The molecule has 0 saturated carbocycles. The average molecular weight is 517 g/mol. The summed E-state index contributed by atoms with van der Waals surface area (Å²) in [7, 11) is 0. The molecule has 3 heterocycles. The van der Waals surface area contributed by atoms with Gasteiger partial charge >= 0.3 is 11.3 Å². The highest BCUT2D eigenvalue weighted by atomic mass is 16.7. The molecule has 0 radical (unpaired) electrons. The minimum atomic E-state index is -0.438. The minimum Gasteiger partial charge on any atom is -0.403 e. The monoisotopic (exact) mass is 517 g/mol. The van der Waals surface area contributed by atoms with E-state index in [-0.39, 0.29) is 17.7 Å². The Bertz CT molecular complexity index is 1850. The topological polar surface area (TPSA) is 125 Å². The zero-order chi connectivity index (χ0) is 26.8. The van der Waals surface area contributed by atoms with Gasteiger partial charge in [0, 0.05) is 16.7 Å². The highest BCUT2D eigenvalue weighted by molar-refractivity contribution is 5.80. The number of aromatic nitrogens is 2. The molecule has 1 N–H and O–H groups in total. The fraction of sp³-hybridized carbons (Fsp3) is 0.0333. The molecule has 2 aromatic heterocycles. The Morgan fingerprint density at radius 2 is 1.08 bits per heavy atom. The standard InChI is InChI=1S/C22H12N2O4.C8H7NO2/c25-21-15-5-1-3-7-17(15)23-19(27-21)13-9-11-14(12-10-13)20-24-18-8-4-2-6-16(18)22(26)28-20;10-8-5-6-3-1-2-4-7(6)11-9-8/h1-12H;1-4H,5H2,(H,9,10). The molecule has 6 aromatic rings. The van der Waals surface area contributed by atoms with Crippen LogP contribution >= 0.6 is 0 Å². The number of carbonyl (C=O) groups excluding carboxylic acids is 1. The second kappa shape index (κ2) is 10.1. The number of fused-ring (bicyclic) bond motifs is 3. The molecule has 1 aliphatic rings. The molecular weight excluding hydrogens is 498 g/mol. The zero-order valence-electron chi connectivity index (χ0n) is 20.3. The first-order valence-electron chi connectivity index (χ1n) is 12.0. The van der Waals surface area contributed by atoms with Crippen LogP contribution in [-0.2, 0) is 11.2 Å². The van der Waals surface area contributed by atoms with Crippen LogP contribution < -0.4 is 21.6 Å². The maximum absolute atomic E-state index is 12.2. The quantitative estimate of drug-likeness (QED) is 0.351. The lowest BCUT2D eigenvalue weighted by molar-refractivity contribution is -0.128. The van der Waals surface area contributed by atoms with Crippen molar-refractivity contribution in [1.82, 2.24) is 15.4 Å². The zero-order valence-corrected chi connectivity index (χ0v) is 20.3. The molecule has 0 bridgehead atoms. The van der Waals surface area contributed by atoms with Crippen LogP contribution in [0.4, 0.5) is 0 Å². The van der Waals surface area contributed by atoms with Crippen LogP contribution in [0.25, 0.3) is 44.7 Å². The number of benzene rings is 4. The Balaban J connectivity index is 0.000000210. The van der Waals surface area contributed by atoms with E-state index in [2.05, 4.69) is 15.4 Å². The molecule has 0 unspecified atom stereocenters. The third-order valence-corrected chi connectivity index (χ3v) is 6.05. The second-order valence-electron chi connectivity index (χ2n) is 8.64. The fourth-order valence-electron chi connectivity index (χ4n) is 4.11. The summed E-state index contributed by atoms with van der Waals surface area (Å²) < 4.78 is 10.7. The molecule has 190 valence electrons. The Hall–Kier alpha value is -5.57. The molecule has 4 aromatic carbocycles. The SMILES string of the molecule is O=C1Cc2ccccc2ON1.O=c1oc(-c2ccc(-c3nc4ccccc4c(=O)o3)cc2)nc2ccccc12. The first kappa shape index (κ1) is 23.8. The summed E-state index contributed by atoms with van der Waals surface area (Å²) >= 11 is 0. The number of para-hydroxylation sites is 3. The van der Waals surface area contributed by atoms with E-state index in [0.717, 1.165) is 11.3 Å². The van der Waals surface area contributed by atoms with Gasteiger partial charge in [-0.2, -0.15) is 5.48 Å². The summed E-state index contributed by atoms with van der Waals surface area (Å²) in [6.45, 7) is 0. The number of hydrogen-bond donors (Lipinski definition) is 1. The first-order chi connectivity index (χ1) is 19.0. The number of hydroxylamine groups is 1. The molecule has 0 aliphatic carbocycles. The van der Waals surface area contributed by atoms with Crippen molar-refractivity contribution in [1.29, 1.82) is 0 Å². The summed E-state index contributed by atoms with van der Waals surface area (Å²) in [6.07, 6.45) is 0.413. The lowest BCUT2D eigenvalue weighted by Crippen LogP contribution is -2.32. The molecule has 0 atom stereocenters. The van der Waals surface area contributed by atoms with Crippen LogP contribution in [0, 0.1) is 0 Å². The summed E-state index contributed by atoms with van der Waals surface area (Å²) in [6, 6.07) is 28.5. The largest absolute Gasteiger partial charge is 0.403 e. The molecule has 0 saturated heterocycles. The Morgan fingerprint density at radius 1 is 0.590 bits per heavy atom. The molecule has 9 nitrogen and oxygen atoms in total. The molecule has 0 fully saturated rings. The molecule has 9 heteroatoms. The van der Waals surface area contributed by atoms with E-state index in [4.69, 9.17) is 13.7 Å². The van der Waals surface area contributed by atoms with Crippen LogP contribution in [0.1, 0.15) is 5.56 Å². The fourth-order valence-corrected chi connectivity index (χ4v) is 4.11. The van der Waals surface area contributed by atoms with E-state index < -0.39 is 11.3 Å². The first-order valence-corrected chi connectivity index (χ1v) is 12.0. The van der Waals surface area contributed by atoms with E-state index in [1.54, 1.807) is 60.7 Å². The summed E-state index contributed by atoms with van der Waals surface area (Å²) in [5.41, 5.74) is 4.77. The van der Waals surface area contributed by atoms with Gasteiger partial charge in [0.2, 0.25) is 11.8 Å². The van der Waals surface area contributed by atoms with Crippen molar-refractivity contribution in [3.8, 4) is 28.7 Å². The van der Waals surface area contributed by atoms with Crippen LogP contribution in [-0.4, -0.2) is 15.9 Å². The van der Waals surface area contributed by atoms with Crippen molar-refractivity contribution < 1.29 is 18.5 Å². The maximum atomic E-state index is 12.2. The number of amides is 1. The Morgan fingerprint density at radius 3 is 1.64 bits per heavy atom. The molecule has 7 rings (SSSR count). The lowest BCUT2D eigenvalue weighted by atomic mass is 10.1. The number of hydrogen-bond acceptors (Lipinski definition) is 8. The lowest BCUT2D eigenvalue weighted by Gasteiger charge is -2.15. The van der Waals surface area contributed by atoms with E-state index >= 15 is 0 Å². The Labute approximate surface area is 220 Å². The van der Waals surface area contributed by atoms with Crippen LogP contribution in [0.3, 0.4) is 0 Å². The van der Waals surface area contributed by atoms with Crippen LogP contribution in [0.2, 0.25) is 0 Å². The van der Waals surface area contributed by atoms with Crippen LogP contribution in [0.15, 0.2) is 115 Å². The van der Waals surface area contributed by atoms with Gasteiger partial charge in [0.05, 0.1) is 28.2 Å². The average Bonchev–Trinajstić information content (AvgIpc) is 2.97. The van der Waals surface area contributed by atoms with E-state index in [1.807, 2.05) is 36.4 Å². The normalized spacial score (nSPS) is 12.2. The number of nitrogens with zero attached hydrogens (tertiary/aromatic N) is 2. The number of rotatable bonds is 2.